The summed E-state index contributed by atoms with van der Waals surface area (Å²) >= 11 is 4.01. The Morgan fingerprint density at radius 2 is 1.14 bits per heavy atom. The molecule has 5 rings (SSSR count). The van der Waals surface area contributed by atoms with E-state index in [9.17, 15) is 96.7 Å². The predicted molar refractivity (Wildman–Crippen MR) is 399 cm³/mol. The number of nitrogens with zero attached hydrogens (tertiary/aromatic N) is 6. The smallest absolute Gasteiger partial charge is 0.340 e. The van der Waals surface area contributed by atoms with Gasteiger partial charge < -0.3 is 77.2 Å². The molecule has 3 aliphatic rings. The maximum absolute atomic E-state index is 14.6. The van der Waals surface area contributed by atoms with Crippen LogP contribution in [0, 0.1) is 11.8 Å². The number of nitrogens with two attached hydrogens (primary N) is 1. The van der Waals surface area contributed by atoms with Crippen LogP contribution in [-0.2, 0) is 80.5 Å². The van der Waals surface area contributed by atoms with E-state index in [0.29, 0.717) is 74.4 Å². The Morgan fingerprint density at radius 1 is 0.625 bits per heavy atom. The predicted octanol–water partition coefficient (Wildman–Crippen LogP) is 2.75. The number of unbranched alkanes of at least 4 members (excludes halogenated alkanes) is 1. The highest BCUT2D eigenvalue weighted by Crippen LogP contribution is 2.43. The third-order valence-electron chi connectivity index (χ3n) is 17.7. The van der Waals surface area contributed by atoms with Crippen LogP contribution in [0.15, 0.2) is 53.5 Å². The molecule has 0 bridgehead atoms. The number of urea groups is 1. The molecule has 582 valence electrons. The number of rotatable bonds is 44. The molecular weight excluding hydrogens is 1470 g/mol. The summed E-state index contributed by atoms with van der Waals surface area (Å²) in [7, 11) is -12.0. The van der Waals surface area contributed by atoms with Crippen molar-refractivity contribution in [2.24, 2.45) is 22.6 Å². The van der Waals surface area contributed by atoms with Crippen LogP contribution in [0.25, 0.3) is 0 Å². The number of likely N-dealkylation sites (tertiary alicyclic amines) is 2. The number of carboxylic acids is 2. The first-order chi connectivity index (χ1) is 49.3. The normalized spacial score (nSPS) is 19.5. The summed E-state index contributed by atoms with van der Waals surface area (Å²) < 4.78 is 38.6. The Balaban J connectivity index is 1.32. The highest BCUT2D eigenvalue weighted by Gasteiger charge is 2.43. The molecular formula is C66H105N12O20P3S3. The van der Waals surface area contributed by atoms with Crippen LogP contribution in [0.1, 0.15) is 107 Å². The largest absolute Gasteiger partial charge is 0.481 e. The second-order valence-corrected chi connectivity index (χ2v) is 36.5. The van der Waals surface area contributed by atoms with Crippen LogP contribution in [0.5, 0.6) is 0 Å². The summed E-state index contributed by atoms with van der Waals surface area (Å²) in [5, 5.41) is 52.3. The van der Waals surface area contributed by atoms with Crippen LogP contribution in [0.2, 0.25) is 0 Å². The van der Waals surface area contributed by atoms with Gasteiger partial charge in [0.15, 0.2) is 0 Å². The molecule has 5 unspecified atom stereocenters. The molecule has 0 spiro atoms. The van der Waals surface area contributed by atoms with Crippen LogP contribution < -0.4 is 32.3 Å². The lowest BCUT2D eigenvalue weighted by Gasteiger charge is -2.31. The van der Waals surface area contributed by atoms with Crippen LogP contribution in [-0.4, -0.2) is 276 Å². The molecule has 0 aromatic heterocycles. The second-order valence-electron chi connectivity index (χ2n) is 26.4. The van der Waals surface area contributed by atoms with E-state index >= 15 is 0 Å². The third-order valence-corrected chi connectivity index (χ3v) is 25.3. The fourth-order valence-corrected chi connectivity index (χ4v) is 18.2. The van der Waals surface area contributed by atoms with E-state index in [1.165, 1.54) is 51.3 Å². The molecule has 3 fully saturated rings. The summed E-state index contributed by atoms with van der Waals surface area (Å²) in [5.74, 6) is -6.92. The second kappa shape index (κ2) is 45.1. The lowest BCUT2D eigenvalue weighted by atomic mass is 10.0. The molecule has 104 heavy (non-hydrogen) atoms. The molecule has 0 aliphatic carbocycles. The van der Waals surface area contributed by atoms with Gasteiger partial charge in [0.25, 0.3) is 0 Å². The van der Waals surface area contributed by atoms with Gasteiger partial charge in [-0.3, -0.25) is 66.8 Å². The first-order valence-corrected chi connectivity index (χ1v) is 44.5. The van der Waals surface area contributed by atoms with Gasteiger partial charge in [-0.05, 0) is 67.2 Å². The molecule has 3 aliphatic heterocycles. The number of benzene rings is 2. The zero-order chi connectivity index (χ0) is 76.6. The number of nitrogens with one attached hydrogen (secondary N) is 5. The Morgan fingerprint density at radius 3 is 1.68 bits per heavy atom. The number of carbonyl (C=O) groups excluding carboxylic acids is 8. The van der Waals surface area contributed by atoms with Gasteiger partial charge in [-0.15, -0.1) is 0 Å². The molecule has 38 heteroatoms. The van der Waals surface area contributed by atoms with Crippen molar-refractivity contribution < 1.29 is 96.7 Å². The fraction of sp³-hybridized carbons (Fsp3) is 0.652. The summed E-state index contributed by atoms with van der Waals surface area (Å²) in [6, 6.07) is 7.90. The number of aliphatic imine (C=N–C) groups is 1. The quantitative estimate of drug-likeness (QED) is 0.0258. The van der Waals surface area contributed by atoms with Crippen molar-refractivity contribution in [1.29, 1.82) is 0 Å². The maximum Gasteiger partial charge on any atom is 0.340 e. The average Bonchev–Trinajstić information content (AvgIpc) is 1.64. The Kier molecular flexibility index (Phi) is 38.6. The van der Waals surface area contributed by atoms with Crippen molar-refractivity contribution in [2.75, 3.05) is 120 Å². The van der Waals surface area contributed by atoms with E-state index in [2.05, 4.69) is 31.6 Å². The number of aliphatic carboxylic acids is 2. The number of aliphatic hydroxyl groups is 2. The molecule has 14 N–H and O–H groups in total. The molecule has 3 saturated heterocycles. The van der Waals surface area contributed by atoms with Crippen molar-refractivity contribution in [2.45, 2.75) is 139 Å². The molecule has 0 saturated carbocycles. The van der Waals surface area contributed by atoms with Gasteiger partial charge in [0, 0.05) is 138 Å². The maximum atomic E-state index is 14.6. The molecule has 2 aromatic carbocycles. The first-order valence-electron chi connectivity index (χ1n) is 34.9. The van der Waals surface area contributed by atoms with E-state index < -0.39 is 137 Å². The number of primary amides is 1. The van der Waals surface area contributed by atoms with Crippen molar-refractivity contribution >= 4 is 123 Å². The van der Waals surface area contributed by atoms with Crippen LogP contribution in [0.3, 0.4) is 0 Å². The summed E-state index contributed by atoms with van der Waals surface area (Å²) in [4.78, 5) is 176. The van der Waals surface area contributed by atoms with Gasteiger partial charge in [0.1, 0.15) is 42.9 Å². The molecule has 10 atom stereocenters. The van der Waals surface area contributed by atoms with Crippen molar-refractivity contribution in [3.8, 4) is 0 Å². The minimum atomic E-state index is -4.03. The standard InChI is InChI=1S/C66H105N12O20P3S3/c1-4-6-19-69-66(92)70-35-51(63(88)78-22-11-15-56(78)64(89)77-21-10-14-55(77)59(67)84)39-103-37-49-31-48(36-102-30-20-68-57(81)18-29-99(93,94)41-74-23-25-75(42-100(95,96)44-79)27-28-76(26-24-74)43-101(97,98)45-80)32-50(33-49)38-104-40-54(65(90)91)73-62(87)53(34-47-12-8-7-9-13-47)72-61(86)52(16-17-58(82)83)71-60(85)46(3)5-2/h7-9,12-13,31-33,35,46,51-56,79-80H,4-6,10-11,14-30,34,36-45H2,1-3H3,(H2,67,84)(H,68,81)(H,69,92)(H,71,85)(H,72,86)(H,73,87)(H,82,83)(H,90,91)(H,93,94)(H,95,96)(H,97,98)/t46-,51?,52-,53-,54?,55-,56-/m0/s1. The van der Waals surface area contributed by atoms with E-state index in [-0.39, 0.29) is 120 Å². The van der Waals surface area contributed by atoms with Crippen molar-refractivity contribution in [3.63, 3.8) is 0 Å². The number of amides is 9. The Bertz CT molecular complexity index is 3350. The average molecular weight is 1580 g/mol. The van der Waals surface area contributed by atoms with Gasteiger partial charge >= 0.3 is 18.0 Å². The molecule has 0 radical (unpaired) electrons. The fourth-order valence-electron chi connectivity index (χ4n) is 11.8. The van der Waals surface area contributed by atoms with E-state index in [0.717, 1.165) is 23.1 Å². The number of hydrogen-bond acceptors (Lipinski definition) is 21. The lowest BCUT2D eigenvalue weighted by Crippen LogP contribution is -2.57. The molecule has 2 aromatic rings. The number of thioether (sulfide) groups is 3. The number of carboxylic acid groups (broad SMARTS) is 2. The van der Waals surface area contributed by atoms with Gasteiger partial charge in [0.05, 0.1) is 24.8 Å². The topological polar surface area (TPSA) is 478 Å². The van der Waals surface area contributed by atoms with Gasteiger partial charge in [-0.25, -0.2) is 14.6 Å². The van der Waals surface area contributed by atoms with Gasteiger partial charge in [0.2, 0.25) is 63.5 Å². The van der Waals surface area contributed by atoms with Crippen molar-refractivity contribution in [3.05, 3.63) is 70.8 Å². The van der Waals surface area contributed by atoms with E-state index in [1.807, 2.05) is 25.1 Å². The molecule has 32 nitrogen and oxygen atoms in total. The van der Waals surface area contributed by atoms with Crippen LogP contribution >= 0.6 is 57.4 Å². The third kappa shape index (κ3) is 32.0. The highest BCUT2D eigenvalue weighted by molar-refractivity contribution is 7.99. The van der Waals surface area contributed by atoms with E-state index in [1.54, 1.807) is 58.9 Å². The minimum Gasteiger partial charge on any atom is -0.481 e. The van der Waals surface area contributed by atoms with Crippen molar-refractivity contribution in [1.82, 2.24) is 51.1 Å². The first kappa shape index (κ1) is 88.9. The van der Waals surface area contributed by atoms with Gasteiger partial charge in [-0.2, -0.15) is 35.3 Å². The summed E-state index contributed by atoms with van der Waals surface area (Å²) in [5.41, 5.74) is 8.62. The Labute approximate surface area is 620 Å². The zero-order valence-electron chi connectivity index (χ0n) is 59.3. The molecule has 3 heterocycles. The monoisotopic (exact) mass is 1570 g/mol. The highest BCUT2D eigenvalue weighted by atomic mass is 32.2. The van der Waals surface area contributed by atoms with Gasteiger partial charge in [-0.1, -0.05) is 75.7 Å². The SMILES string of the molecule is CCCCNC(=O)N=CC(CSCc1cc(CSCCNC(=O)CCP(=O)(O)CN2CCN(CP(=O)(O)CO)CCN(CP(=O)(O)CO)CC2)cc(CSCC(NC(=O)[C@H](Cc2ccccc2)NC(=O)[C@H](CCC(=O)O)NC(=O)[C@@H](C)CC)C(=O)O)c1)C(=O)N1CCC[C@H]1C(=O)N1CCC[C@H]1C(N)=O. The molecule has 9 amide bonds. The number of hydrogen-bond donors (Lipinski definition) is 13. The minimum absolute atomic E-state index is 0.0927. The Hall–Kier alpha value is -5.77. The zero-order valence-corrected chi connectivity index (χ0v) is 64.5. The summed E-state index contributed by atoms with van der Waals surface area (Å²) in [6.45, 7) is 7.46. The van der Waals surface area contributed by atoms with E-state index in [4.69, 9.17) is 5.73 Å². The number of carbonyl (C=O) groups is 10. The summed E-state index contributed by atoms with van der Waals surface area (Å²) in [6.07, 6.45) is 0.518. The van der Waals surface area contributed by atoms with Crippen LogP contribution in [0.4, 0.5) is 4.79 Å². The number of aliphatic hydroxyl groups excluding tert-OH is 2. The lowest BCUT2D eigenvalue weighted by molar-refractivity contribution is -0.146.